The number of ether oxygens (including phenoxy) is 1. The summed E-state index contributed by atoms with van der Waals surface area (Å²) in [6, 6.07) is 3.73. The second-order valence-corrected chi connectivity index (χ2v) is 7.11. The molecule has 4 rings (SSSR count). The van der Waals surface area contributed by atoms with Crippen molar-refractivity contribution in [1.82, 2.24) is 10.2 Å². The van der Waals surface area contributed by atoms with Crippen LogP contribution in [0.1, 0.15) is 0 Å². The fourth-order valence-electron chi connectivity index (χ4n) is 3.52. The largest absolute Gasteiger partial charge is 0.442 e. The molecule has 2 amide bonds. The first-order valence-corrected chi connectivity index (χ1v) is 9.87. The molecule has 2 N–H and O–H groups in total. The maximum atomic E-state index is 14.9. The van der Waals surface area contributed by atoms with Gasteiger partial charge in [-0.1, -0.05) is 5.16 Å². The number of hydroxylamine groups is 2. The maximum absolute atomic E-state index is 14.9. The number of aliphatic hydroxyl groups is 1. The number of aromatic nitrogens is 1. The highest BCUT2D eigenvalue weighted by Crippen LogP contribution is 2.31. The SMILES string of the molecule is O=C(CO)N1CCN(c2c(F)cc(N3C[C@H](CNc4ccon4)OC3=O)cc2F)CCO1. The van der Waals surface area contributed by atoms with E-state index in [1.807, 2.05) is 0 Å². The lowest BCUT2D eigenvalue weighted by Crippen LogP contribution is -2.36. The molecule has 2 aliphatic heterocycles. The molecule has 1 aromatic heterocycles. The zero-order valence-electron chi connectivity index (χ0n) is 16.9. The summed E-state index contributed by atoms with van der Waals surface area (Å²) in [5.41, 5.74) is -0.256. The van der Waals surface area contributed by atoms with Gasteiger partial charge in [0.2, 0.25) is 0 Å². The molecule has 0 aliphatic carbocycles. The first-order chi connectivity index (χ1) is 15.5. The van der Waals surface area contributed by atoms with Crippen LogP contribution in [0.3, 0.4) is 0 Å². The first kappa shape index (κ1) is 21.8. The third kappa shape index (κ3) is 4.57. The summed E-state index contributed by atoms with van der Waals surface area (Å²) >= 11 is 0. The van der Waals surface area contributed by atoms with Crippen LogP contribution in [0.5, 0.6) is 0 Å². The fraction of sp³-hybridized carbons (Fsp3) is 0.421. The Labute approximate surface area is 181 Å². The van der Waals surface area contributed by atoms with Crippen LogP contribution in [-0.2, 0) is 14.4 Å². The van der Waals surface area contributed by atoms with Crippen molar-refractivity contribution in [2.24, 2.45) is 0 Å². The Morgan fingerprint density at radius 2 is 2.03 bits per heavy atom. The van der Waals surface area contributed by atoms with Crippen molar-refractivity contribution in [3.63, 3.8) is 0 Å². The Hall–Kier alpha value is -3.45. The second kappa shape index (κ2) is 9.36. The molecular weight excluding hydrogens is 432 g/mol. The second-order valence-electron chi connectivity index (χ2n) is 7.11. The maximum Gasteiger partial charge on any atom is 0.414 e. The van der Waals surface area contributed by atoms with Crippen molar-refractivity contribution in [3.8, 4) is 0 Å². The number of amides is 2. The lowest BCUT2D eigenvalue weighted by Gasteiger charge is -2.24. The van der Waals surface area contributed by atoms with Crippen LogP contribution >= 0.6 is 0 Å². The number of aliphatic hydroxyl groups excluding tert-OH is 1. The van der Waals surface area contributed by atoms with Crippen LogP contribution < -0.4 is 15.1 Å². The molecule has 1 aromatic carbocycles. The van der Waals surface area contributed by atoms with Gasteiger partial charge in [0.05, 0.1) is 31.9 Å². The van der Waals surface area contributed by atoms with E-state index in [0.717, 1.165) is 22.1 Å². The van der Waals surface area contributed by atoms with Crippen LogP contribution in [-0.4, -0.2) is 79.4 Å². The number of rotatable bonds is 6. The van der Waals surface area contributed by atoms with Gasteiger partial charge in [-0.15, -0.1) is 0 Å². The molecule has 0 bridgehead atoms. The molecule has 172 valence electrons. The highest BCUT2D eigenvalue weighted by Gasteiger charge is 2.34. The quantitative estimate of drug-likeness (QED) is 0.659. The minimum Gasteiger partial charge on any atom is -0.442 e. The van der Waals surface area contributed by atoms with Gasteiger partial charge in [0.15, 0.2) is 17.5 Å². The zero-order chi connectivity index (χ0) is 22.7. The molecule has 11 nitrogen and oxygen atoms in total. The normalized spacial score (nSPS) is 19.2. The Balaban J connectivity index is 1.44. The Kier molecular flexibility index (Phi) is 6.37. The van der Waals surface area contributed by atoms with Crippen molar-refractivity contribution in [2.45, 2.75) is 6.10 Å². The van der Waals surface area contributed by atoms with E-state index in [4.69, 9.17) is 19.2 Å². The lowest BCUT2D eigenvalue weighted by molar-refractivity contribution is -0.184. The van der Waals surface area contributed by atoms with Gasteiger partial charge in [-0.05, 0) is 0 Å². The topological polar surface area (TPSA) is 121 Å². The molecular formula is C19H21F2N5O6. The van der Waals surface area contributed by atoms with Crippen molar-refractivity contribution >= 4 is 29.2 Å². The Morgan fingerprint density at radius 1 is 1.25 bits per heavy atom. The van der Waals surface area contributed by atoms with Gasteiger partial charge >= 0.3 is 6.09 Å². The molecule has 2 aromatic rings. The third-order valence-electron chi connectivity index (χ3n) is 5.05. The van der Waals surface area contributed by atoms with Gasteiger partial charge in [-0.25, -0.2) is 18.6 Å². The van der Waals surface area contributed by atoms with E-state index in [1.54, 1.807) is 6.07 Å². The molecule has 0 radical (unpaired) electrons. The number of cyclic esters (lactones) is 1. The highest BCUT2D eigenvalue weighted by atomic mass is 19.1. The number of hydrogen-bond donors (Lipinski definition) is 2. The summed E-state index contributed by atoms with van der Waals surface area (Å²) in [5, 5.41) is 16.5. The summed E-state index contributed by atoms with van der Waals surface area (Å²) in [6.07, 6.45) is 0.119. The lowest BCUT2D eigenvalue weighted by atomic mass is 10.2. The van der Waals surface area contributed by atoms with Gasteiger partial charge in [0, 0.05) is 31.3 Å². The molecule has 3 heterocycles. The van der Waals surface area contributed by atoms with Crippen molar-refractivity contribution in [1.29, 1.82) is 0 Å². The number of halogens is 2. The zero-order valence-corrected chi connectivity index (χ0v) is 16.9. The Bertz CT molecular complexity index is 952. The smallest absolute Gasteiger partial charge is 0.414 e. The number of carbonyl (C=O) groups is 2. The molecule has 1 atom stereocenters. The monoisotopic (exact) mass is 453 g/mol. The van der Waals surface area contributed by atoms with Crippen LogP contribution in [0.2, 0.25) is 0 Å². The third-order valence-corrected chi connectivity index (χ3v) is 5.05. The van der Waals surface area contributed by atoms with E-state index in [1.165, 1.54) is 11.2 Å². The molecule has 0 unspecified atom stereocenters. The number of anilines is 3. The number of carbonyl (C=O) groups excluding carboxylic acids is 2. The summed E-state index contributed by atoms with van der Waals surface area (Å²) in [4.78, 5) is 31.6. The molecule has 2 fully saturated rings. The van der Waals surface area contributed by atoms with E-state index in [-0.39, 0.29) is 50.7 Å². The number of nitrogens with one attached hydrogen (secondary N) is 1. The number of hydrogen-bond acceptors (Lipinski definition) is 9. The van der Waals surface area contributed by atoms with Crippen LogP contribution in [0, 0.1) is 11.6 Å². The van der Waals surface area contributed by atoms with Gasteiger partial charge in [0.25, 0.3) is 5.91 Å². The van der Waals surface area contributed by atoms with Crippen LogP contribution in [0.4, 0.5) is 30.8 Å². The average Bonchev–Trinajstić information content (AvgIpc) is 3.35. The van der Waals surface area contributed by atoms with E-state index in [9.17, 15) is 18.4 Å². The summed E-state index contributed by atoms with van der Waals surface area (Å²) in [7, 11) is 0. The van der Waals surface area contributed by atoms with Gasteiger partial charge in [-0.3, -0.25) is 14.5 Å². The van der Waals surface area contributed by atoms with Crippen molar-refractivity contribution in [2.75, 3.05) is 61.1 Å². The van der Waals surface area contributed by atoms with Gasteiger partial charge in [0.1, 0.15) is 24.7 Å². The summed E-state index contributed by atoms with van der Waals surface area (Å²) in [6.45, 7) is -0.126. The fourth-order valence-corrected chi connectivity index (χ4v) is 3.52. The summed E-state index contributed by atoms with van der Waals surface area (Å²) < 4.78 is 39.8. The first-order valence-electron chi connectivity index (χ1n) is 9.87. The molecule has 2 saturated heterocycles. The van der Waals surface area contributed by atoms with E-state index < -0.39 is 36.3 Å². The predicted molar refractivity (Wildman–Crippen MR) is 106 cm³/mol. The molecule has 2 aliphatic rings. The number of nitrogens with zero attached hydrogens (tertiary/aromatic N) is 4. The van der Waals surface area contributed by atoms with E-state index in [2.05, 4.69) is 10.5 Å². The molecule has 13 heteroatoms. The van der Waals surface area contributed by atoms with Crippen LogP contribution in [0.25, 0.3) is 0 Å². The Morgan fingerprint density at radius 3 is 2.72 bits per heavy atom. The van der Waals surface area contributed by atoms with Crippen LogP contribution in [0.15, 0.2) is 29.0 Å². The average molecular weight is 453 g/mol. The summed E-state index contributed by atoms with van der Waals surface area (Å²) in [5.74, 6) is -1.89. The van der Waals surface area contributed by atoms with Crippen molar-refractivity contribution < 1.29 is 37.6 Å². The van der Waals surface area contributed by atoms with E-state index in [0.29, 0.717) is 5.82 Å². The minimum absolute atomic E-state index is 0.00498. The highest BCUT2D eigenvalue weighted by molar-refractivity contribution is 5.90. The van der Waals surface area contributed by atoms with Crippen molar-refractivity contribution in [3.05, 3.63) is 36.1 Å². The van der Waals surface area contributed by atoms with Gasteiger partial charge in [-0.2, -0.15) is 0 Å². The predicted octanol–water partition coefficient (Wildman–Crippen LogP) is 0.963. The molecule has 32 heavy (non-hydrogen) atoms. The van der Waals surface area contributed by atoms with Gasteiger partial charge < -0.3 is 24.6 Å². The standard InChI is InChI=1S/C19H21F2N5O6/c20-14-7-12(25-10-13(32-19(25)29)9-22-16-1-5-30-23-16)8-15(21)18(14)24-2-3-26(17(28)11-27)31-6-4-24/h1,5,7-8,13,27H,2-4,6,9-11H2,(H,22,23)/t13-/m0/s1. The van der Waals surface area contributed by atoms with E-state index >= 15 is 0 Å². The molecule has 0 saturated carbocycles. The number of benzene rings is 1. The molecule has 0 spiro atoms. The minimum atomic E-state index is -0.862.